The smallest absolute Gasteiger partial charge is 0.243 e. The molecule has 0 N–H and O–H groups in total. The van der Waals surface area contributed by atoms with E-state index in [0.29, 0.717) is 55.8 Å². The van der Waals surface area contributed by atoms with Gasteiger partial charge in [-0.1, -0.05) is 44.2 Å². The molecule has 0 saturated carbocycles. The fraction of sp³-hybridized carbons (Fsp3) is 0.536. The van der Waals surface area contributed by atoms with Crippen LogP contribution in [-0.4, -0.2) is 69.9 Å². The van der Waals surface area contributed by atoms with Crippen molar-refractivity contribution in [1.29, 1.82) is 0 Å². The summed E-state index contributed by atoms with van der Waals surface area (Å²) in [6.45, 7) is 7.61. The Morgan fingerprint density at radius 3 is 2.28 bits per heavy atom. The summed E-state index contributed by atoms with van der Waals surface area (Å²) in [5.41, 5.74) is 2.08. The van der Waals surface area contributed by atoms with E-state index in [1.165, 1.54) is 5.56 Å². The van der Waals surface area contributed by atoms with Gasteiger partial charge in [0.15, 0.2) is 0 Å². The summed E-state index contributed by atoms with van der Waals surface area (Å²) in [6.07, 6.45) is 3.55. The molecule has 196 valence electrons. The fourth-order valence-electron chi connectivity index (χ4n) is 5.18. The van der Waals surface area contributed by atoms with Gasteiger partial charge in [0.2, 0.25) is 15.9 Å². The molecule has 0 bridgehead atoms. The third-order valence-electron chi connectivity index (χ3n) is 7.69. The second-order valence-electron chi connectivity index (χ2n) is 9.99. The molecule has 1 unspecified atom stereocenters. The van der Waals surface area contributed by atoms with Crippen molar-refractivity contribution in [3.8, 4) is 5.75 Å². The zero-order valence-corrected chi connectivity index (χ0v) is 22.5. The molecule has 2 fully saturated rings. The number of piperidine rings is 1. The van der Waals surface area contributed by atoms with Crippen LogP contribution in [0.2, 0.25) is 0 Å². The minimum atomic E-state index is -3.60. The van der Waals surface area contributed by atoms with Crippen LogP contribution in [0.25, 0.3) is 0 Å². The number of rotatable bonds is 8. The molecule has 0 aliphatic carbocycles. The zero-order valence-electron chi connectivity index (χ0n) is 21.7. The lowest BCUT2D eigenvalue weighted by molar-refractivity contribution is -0.135. The van der Waals surface area contributed by atoms with Crippen LogP contribution in [0.3, 0.4) is 0 Å². The van der Waals surface area contributed by atoms with Crippen molar-refractivity contribution >= 4 is 21.6 Å². The van der Waals surface area contributed by atoms with E-state index in [4.69, 9.17) is 4.74 Å². The number of carbonyl (C=O) groups is 1. The Bertz CT molecular complexity index is 1120. The summed E-state index contributed by atoms with van der Waals surface area (Å²) in [7, 11) is -1.99. The van der Waals surface area contributed by atoms with Crippen LogP contribution in [0.5, 0.6) is 5.75 Å². The van der Waals surface area contributed by atoms with Gasteiger partial charge in [-0.3, -0.25) is 4.79 Å². The van der Waals surface area contributed by atoms with Crippen molar-refractivity contribution in [2.75, 3.05) is 51.3 Å². The Balaban J connectivity index is 1.43. The molecule has 4 rings (SSSR count). The molecule has 2 aromatic carbocycles. The van der Waals surface area contributed by atoms with Gasteiger partial charge in [-0.25, -0.2) is 8.42 Å². The molecule has 2 aliphatic rings. The van der Waals surface area contributed by atoms with Gasteiger partial charge in [-0.2, -0.15) is 4.31 Å². The second kappa shape index (κ2) is 11.6. The number of nitrogens with zero attached hydrogens (tertiary/aromatic N) is 3. The first-order valence-corrected chi connectivity index (χ1v) is 14.5. The van der Waals surface area contributed by atoms with Gasteiger partial charge in [0.05, 0.1) is 17.7 Å². The zero-order chi connectivity index (χ0) is 25.7. The van der Waals surface area contributed by atoms with Gasteiger partial charge in [0.25, 0.3) is 0 Å². The highest BCUT2D eigenvalue weighted by atomic mass is 32.2. The molecular weight excluding hydrogens is 474 g/mol. The maximum absolute atomic E-state index is 13.5. The van der Waals surface area contributed by atoms with Gasteiger partial charge in [0.1, 0.15) is 5.75 Å². The number of sulfonamides is 1. The summed E-state index contributed by atoms with van der Waals surface area (Å²) >= 11 is 0. The third kappa shape index (κ3) is 5.86. The summed E-state index contributed by atoms with van der Waals surface area (Å²) < 4.78 is 34.3. The van der Waals surface area contributed by atoms with E-state index in [1.54, 1.807) is 29.6 Å². The highest BCUT2D eigenvalue weighted by Gasteiger charge is 2.31. The summed E-state index contributed by atoms with van der Waals surface area (Å²) in [5, 5.41) is 0. The minimum absolute atomic E-state index is 0.0244. The molecule has 0 aromatic heterocycles. The number of methoxy groups -OCH3 is 1. The molecule has 0 radical (unpaired) electrons. The lowest BCUT2D eigenvalue weighted by atomic mass is 9.91. The summed E-state index contributed by atoms with van der Waals surface area (Å²) in [5.74, 6) is 1.37. The lowest BCUT2D eigenvalue weighted by Crippen LogP contribution is -2.50. The third-order valence-corrected chi connectivity index (χ3v) is 9.59. The largest absolute Gasteiger partial charge is 0.495 e. The number of ether oxygens (including phenoxy) is 1. The normalized spacial score (nSPS) is 18.8. The molecule has 2 aliphatic heterocycles. The molecular formula is C28H39N3O4S. The number of anilines is 1. The molecule has 2 aromatic rings. The monoisotopic (exact) mass is 513 g/mol. The van der Waals surface area contributed by atoms with Crippen LogP contribution >= 0.6 is 0 Å². The van der Waals surface area contributed by atoms with Gasteiger partial charge in [0, 0.05) is 45.2 Å². The Hall–Kier alpha value is -2.58. The molecule has 1 atom stereocenters. The first kappa shape index (κ1) is 26.5. The SMILES string of the molecule is CCC(C)C(=O)N1CCN(c2cc(S(=O)(=O)N3CCC(Cc4ccccc4)CC3)ccc2OC)CC1. The van der Waals surface area contributed by atoms with Crippen molar-refractivity contribution < 1.29 is 17.9 Å². The van der Waals surface area contributed by atoms with Crippen LogP contribution < -0.4 is 9.64 Å². The van der Waals surface area contributed by atoms with Crippen LogP contribution in [0.4, 0.5) is 5.69 Å². The first-order chi connectivity index (χ1) is 17.3. The topological polar surface area (TPSA) is 70.2 Å². The Labute approximate surface area is 216 Å². The summed E-state index contributed by atoms with van der Waals surface area (Å²) in [4.78, 5) is 16.9. The number of benzene rings is 2. The number of carbonyl (C=O) groups excluding carboxylic acids is 1. The Kier molecular flexibility index (Phi) is 8.57. The van der Waals surface area contributed by atoms with Crippen molar-refractivity contribution in [2.24, 2.45) is 11.8 Å². The van der Waals surface area contributed by atoms with E-state index in [9.17, 15) is 13.2 Å². The molecule has 2 saturated heterocycles. The Morgan fingerprint density at radius 1 is 1.00 bits per heavy atom. The van der Waals surface area contributed by atoms with Crippen LogP contribution in [-0.2, 0) is 21.2 Å². The second-order valence-corrected chi connectivity index (χ2v) is 11.9. The van der Waals surface area contributed by atoms with E-state index in [2.05, 4.69) is 29.2 Å². The van der Waals surface area contributed by atoms with E-state index in [1.807, 2.05) is 24.8 Å². The van der Waals surface area contributed by atoms with E-state index < -0.39 is 10.0 Å². The van der Waals surface area contributed by atoms with Crippen LogP contribution in [0.1, 0.15) is 38.7 Å². The van der Waals surface area contributed by atoms with Crippen molar-refractivity contribution in [3.05, 3.63) is 54.1 Å². The van der Waals surface area contributed by atoms with Crippen LogP contribution in [0.15, 0.2) is 53.4 Å². The standard InChI is InChI=1S/C28H39N3O4S/c1-4-22(2)28(32)30-18-16-29(17-19-30)26-21-25(10-11-27(26)35-3)36(33,34)31-14-12-24(13-15-31)20-23-8-6-5-7-9-23/h5-11,21-22,24H,4,12-20H2,1-3H3. The number of piperazine rings is 1. The minimum Gasteiger partial charge on any atom is -0.495 e. The number of hydrogen-bond donors (Lipinski definition) is 0. The average molecular weight is 514 g/mol. The molecule has 36 heavy (non-hydrogen) atoms. The van der Waals surface area contributed by atoms with Crippen molar-refractivity contribution in [3.63, 3.8) is 0 Å². The predicted molar refractivity (Wildman–Crippen MR) is 143 cm³/mol. The average Bonchev–Trinajstić information content (AvgIpc) is 2.92. The highest BCUT2D eigenvalue weighted by Crippen LogP contribution is 2.34. The van der Waals surface area contributed by atoms with Crippen molar-refractivity contribution in [1.82, 2.24) is 9.21 Å². The van der Waals surface area contributed by atoms with E-state index >= 15 is 0 Å². The van der Waals surface area contributed by atoms with E-state index in [0.717, 1.165) is 31.4 Å². The maximum atomic E-state index is 13.5. The molecule has 2 heterocycles. The molecule has 7 nitrogen and oxygen atoms in total. The first-order valence-electron chi connectivity index (χ1n) is 13.1. The predicted octanol–water partition coefficient (Wildman–Crippen LogP) is 4.03. The molecule has 8 heteroatoms. The highest BCUT2D eigenvalue weighted by molar-refractivity contribution is 7.89. The van der Waals surface area contributed by atoms with Gasteiger partial charge in [-0.15, -0.1) is 0 Å². The van der Waals surface area contributed by atoms with Crippen molar-refractivity contribution in [2.45, 2.75) is 44.4 Å². The molecule has 1 amide bonds. The lowest BCUT2D eigenvalue weighted by Gasteiger charge is -2.38. The van der Waals surface area contributed by atoms with E-state index in [-0.39, 0.29) is 11.8 Å². The quantitative estimate of drug-likeness (QED) is 0.533. The van der Waals surface area contributed by atoms with Gasteiger partial charge in [-0.05, 0) is 55.4 Å². The maximum Gasteiger partial charge on any atom is 0.243 e. The molecule has 0 spiro atoms. The Morgan fingerprint density at radius 2 is 1.67 bits per heavy atom. The number of hydrogen-bond acceptors (Lipinski definition) is 5. The number of amides is 1. The fourth-order valence-corrected chi connectivity index (χ4v) is 6.67. The van der Waals surface area contributed by atoms with Gasteiger partial charge >= 0.3 is 0 Å². The summed E-state index contributed by atoms with van der Waals surface area (Å²) in [6, 6.07) is 15.6. The van der Waals surface area contributed by atoms with Crippen LogP contribution in [0, 0.1) is 11.8 Å². The van der Waals surface area contributed by atoms with Gasteiger partial charge < -0.3 is 14.5 Å².